The average molecular weight is 717 g/mol. The first-order chi connectivity index (χ1) is 27.8. The Bertz CT molecular complexity index is 3070. The van der Waals surface area contributed by atoms with Crippen LogP contribution in [0.25, 0.3) is 82.7 Å². The molecule has 56 heavy (non-hydrogen) atoms. The molecule has 0 amide bonds. The Labute approximate surface area is 327 Å². The molecule has 0 N–H and O–H groups in total. The summed E-state index contributed by atoms with van der Waals surface area (Å²) in [5, 5.41) is 5.13. The first-order valence-corrected chi connectivity index (χ1v) is 19.8. The summed E-state index contributed by atoms with van der Waals surface area (Å²) in [6.07, 6.45) is 18.3. The molecule has 2 nitrogen and oxygen atoms in total. The van der Waals surface area contributed by atoms with Crippen molar-refractivity contribution in [2.75, 3.05) is 0 Å². The highest BCUT2D eigenvalue weighted by Gasteiger charge is 2.21. The van der Waals surface area contributed by atoms with Crippen LogP contribution >= 0.6 is 0 Å². The summed E-state index contributed by atoms with van der Waals surface area (Å²) in [6, 6.07) is 60.5. The predicted molar refractivity (Wildman–Crippen MR) is 237 cm³/mol. The molecule has 0 bridgehead atoms. The summed E-state index contributed by atoms with van der Waals surface area (Å²) in [7, 11) is 0. The quantitative estimate of drug-likeness (QED) is 0.162. The van der Waals surface area contributed by atoms with Crippen molar-refractivity contribution in [1.82, 2.24) is 9.13 Å². The maximum Gasteiger partial charge on any atom is 0.0560 e. The van der Waals surface area contributed by atoms with Crippen LogP contribution in [0.4, 0.5) is 0 Å². The van der Waals surface area contributed by atoms with Gasteiger partial charge in [0.25, 0.3) is 0 Å². The van der Waals surface area contributed by atoms with Gasteiger partial charge in [0.1, 0.15) is 0 Å². The molecule has 2 heteroatoms. The van der Waals surface area contributed by atoms with Crippen molar-refractivity contribution >= 4 is 43.6 Å². The fraction of sp³-hybridized carbons (Fsp3) is 0.0741. The largest absolute Gasteiger partial charge is 0.333 e. The van der Waals surface area contributed by atoms with Gasteiger partial charge in [0.15, 0.2) is 0 Å². The van der Waals surface area contributed by atoms with Gasteiger partial charge in [-0.2, -0.15) is 0 Å². The number of allylic oxidation sites excluding steroid dienone is 8. The minimum Gasteiger partial charge on any atom is -0.333 e. The Balaban J connectivity index is 0.954. The number of fused-ring (bicyclic) bond motifs is 6. The Morgan fingerprint density at radius 3 is 1.70 bits per heavy atom. The van der Waals surface area contributed by atoms with E-state index in [1.807, 2.05) is 0 Å². The zero-order chi connectivity index (χ0) is 37.0. The maximum absolute atomic E-state index is 2.55. The molecule has 2 aliphatic carbocycles. The van der Waals surface area contributed by atoms with Crippen molar-refractivity contribution in [3.05, 3.63) is 212 Å². The molecular formula is C54H40N2. The van der Waals surface area contributed by atoms with Gasteiger partial charge < -0.3 is 9.13 Å². The lowest BCUT2D eigenvalue weighted by Crippen LogP contribution is -2.10. The first-order valence-electron chi connectivity index (χ1n) is 19.8. The standard InChI is InChI=1S/C54H40N2/c1-3-12-37(13-4-1)39-22-28-45(29-23-39)55-51-20-9-7-18-47(51)49-35-43(26-32-53(49)55)44-27-33-54-50(36-44)48-19-8-10-21-52(48)56(54)46-30-24-40(25-31-46)42-17-11-16-41(34-42)38-14-5-2-6-15-38/h1-12,14-28,30-37,45H,13,29H2. The summed E-state index contributed by atoms with van der Waals surface area (Å²) in [4.78, 5) is 0. The van der Waals surface area contributed by atoms with Crippen molar-refractivity contribution in [1.29, 1.82) is 0 Å². The molecule has 0 saturated heterocycles. The third kappa shape index (κ3) is 5.48. The van der Waals surface area contributed by atoms with Gasteiger partial charge in [0.2, 0.25) is 0 Å². The van der Waals surface area contributed by atoms with Crippen LogP contribution in [-0.2, 0) is 0 Å². The number of hydrogen-bond donors (Lipinski definition) is 0. The molecule has 7 aromatic carbocycles. The molecule has 266 valence electrons. The van der Waals surface area contributed by atoms with E-state index < -0.39 is 0 Å². The molecule has 2 heterocycles. The highest BCUT2D eigenvalue weighted by Crippen LogP contribution is 2.40. The third-order valence-electron chi connectivity index (χ3n) is 12.0. The van der Waals surface area contributed by atoms with Gasteiger partial charge in [0.05, 0.1) is 17.1 Å². The van der Waals surface area contributed by atoms with E-state index in [1.165, 1.54) is 82.6 Å². The van der Waals surface area contributed by atoms with Gasteiger partial charge >= 0.3 is 0 Å². The van der Waals surface area contributed by atoms with Gasteiger partial charge in [-0.3, -0.25) is 0 Å². The summed E-state index contributed by atoms with van der Waals surface area (Å²) < 4.78 is 4.96. The second-order valence-electron chi connectivity index (χ2n) is 15.2. The average Bonchev–Trinajstić information content (AvgIpc) is 3.79. The van der Waals surface area contributed by atoms with E-state index in [9.17, 15) is 0 Å². The van der Waals surface area contributed by atoms with E-state index >= 15 is 0 Å². The van der Waals surface area contributed by atoms with E-state index in [0.717, 1.165) is 18.5 Å². The summed E-state index contributed by atoms with van der Waals surface area (Å²) in [5.41, 5.74) is 15.0. The molecule has 11 rings (SSSR count). The van der Waals surface area contributed by atoms with E-state index in [-0.39, 0.29) is 6.04 Å². The molecule has 2 aromatic heterocycles. The van der Waals surface area contributed by atoms with Gasteiger partial charge in [-0.25, -0.2) is 0 Å². The molecule has 0 fully saturated rings. The van der Waals surface area contributed by atoms with Crippen molar-refractivity contribution in [2.24, 2.45) is 5.92 Å². The number of hydrogen-bond acceptors (Lipinski definition) is 0. The Morgan fingerprint density at radius 1 is 0.411 bits per heavy atom. The van der Waals surface area contributed by atoms with Crippen molar-refractivity contribution in [3.8, 4) is 39.1 Å². The lowest BCUT2D eigenvalue weighted by Gasteiger charge is -2.23. The highest BCUT2D eigenvalue weighted by molar-refractivity contribution is 6.12. The van der Waals surface area contributed by atoms with E-state index in [1.54, 1.807) is 0 Å². The first kappa shape index (κ1) is 32.5. The predicted octanol–water partition coefficient (Wildman–Crippen LogP) is 14.5. The molecule has 2 aliphatic rings. The normalized spacial score (nSPS) is 16.7. The smallest absolute Gasteiger partial charge is 0.0560 e. The molecule has 2 atom stereocenters. The van der Waals surface area contributed by atoms with Crippen LogP contribution in [0.1, 0.15) is 18.9 Å². The SMILES string of the molecule is C1=CCC(C2=CCC(n3c4ccccc4c4cc(-c5ccc6c(c5)c5ccccc5n6-c5ccc(-c6cccc(-c7ccccc7)c6)cc5)ccc43)C=C2)C=C1. The molecule has 2 unspecified atom stereocenters. The van der Waals surface area contributed by atoms with E-state index in [2.05, 4.69) is 215 Å². The molecular weight excluding hydrogens is 677 g/mol. The highest BCUT2D eigenvalue weighted by atomic mass is 15.0. The number of aromatic nitrogens is 2. The monoisotopic (exact) mass is 716 g/mol. The van der Waals surface area contributed by atoms with Gasteiger partial charge in [-0.05, 0) is 106 Å². The van der Waals surface area contributed by atoms with Gasteiger partial charge in [-0.15, -0.1) is 0 Å². The second-order valence-corrected chi connectivity index (χ2v) is 15.2. The lowest BCUT2D eigenvalue weighted by molar-refractivity contribution is 0.633. The Hall–Kier alpha value is -6.90. The fourth-order valence-corrected chi connectivity index (χ4v) is 9.20. The van der Waals surface area contributed by atoms with Crippen LogP contribution in [-0.4, -0.2) is 9.13 Å². The van der Waals surface area contributed by atoms with E-state index in [0.29, 0.717) is 5.92 Å². The van der Waals surface area contributed by atoms with Crippen LogP contribution in [0.15, 0.2) is 212 Å². The number of para-hydroxylation sites is 2. The van der Waals surface area contributed by atoms with Crippen LogP contribution in [0.3, 0.4) is 0 Å². The summed E-state index contributed by atoms with van der Waals surface area (Å²) in [6.45, 7) is 0. The van der Waals surface area contributed by atoms with Crippen LogP contribution in [0, 0.1) is 5.92 Å². The van der Waals surface area contributed by atoms with E-state index in [4.69, 9.17) is 0 Å². The zero-order valence-corrected chi connectivity index (χ0v) is 31.1. The van der Waals surface area contributed by atoms with Gasteiger partial charge in [-0.1, -0.05) is 152 Å². The second kappa shape index (κ2) is 13.4. The molecule has 0 aliphatic heterocycles. The molecule has 9 aromatic rings. The van der Waals surface area contributed by atoms with Crippen LogP contribution in [0.2, 0.25) is 0 Å². The van der Waals surface area contributed by atoms with Crippen LogP contribution < -0.4 is 0 Å². The number of nitrogens with zero attached hydrogens (tertiary/aromatic N) is 2. The Kier molecular flexibility index (Phi) is 7.81. The minimum absolute atomic E-state index is 0.283. The minimum atomic E-state index is 0.283. The summed E-state index contributed by atoms with van der Waals surface area (Å²) in [5.74, 6) is 0.485. The maximum atomic E-state index is 2.55. The molecule has 0 radical (unpaired) electrons. The number of rotatable bonds is 6. The Morgan fingerprint density at radius 2 is 0.982 bits per heavy atom. The topological polar surface area (TPSA) is 9.86 Å². The fourth-order valence-electron chi connectivity index (χ4n) is 9.20. The van der Waals surface area contributed by atoms with Crippen LogP contribution in [0.5, 0.6) is 0 Å². The molecule has 0 spiro atoms. The van der Waals surface area contributed by atoms with Crippen molar-refractivity contribution in [3.63, 3.8) is 0 Å². The molecule has 0 saturated carbocycles. The lowest BCUT2D eigenvalue weighted by atomic mass is 9.88. The summed E-state index contributed by atoms with van der Waals surface area (Å²) >= 11 is 0. The third-order valence-corrected chi connectivity index (χ3v) is 12.0. The van der Waals surface area contributed by atoms with Gasteiger partial charge in [0, 0.05) is 44.2 Å². The van der Waals surface area contributed by atoms with Crippen molar-refractivity contribution in [2.45, 2.75) is 18.9 Å². The van der Waals surface area contributed by atoms with Crippen molar-refractivity contribution < 1.29 is 0 Å². The zero-order valence-electron chi connectivity index (χ0n) is 31.1. The number of benzene rings is 7.